The Labute approximate surface area is 218 Å². The summed E-state index contributed by atoms with van der Waals surface area (Å²) in [5, 5.41) is 55.2. The number of aliphatic hydroxyl groups excluding tert-OH is 4. The molecule has 0 aromatic carbocycles. The van der Waals surface area contributed by atoms with Crippen LogP contribution in [0.2, 0.25) is 0 Å². The number of hydrogen-bond acceptors (Lipinski definition) is 10. The first-order valence-electron chi connectivity index (χ1n) is 13.2. The topological polar surface area (TPSA) is 184 Å². The number of hydrogen-bond donors (Lipinski definition) is 6. The van der Waals surface area contributed by atoms with Crippen LogP contribution in [0.5, 0.6) is 0 Å². The summed E-state index contributed by atoms with van der Waals surface area (Å²) < 4.78 is 23.5. The summed E-state index contributed by atoms with van der Waals surface area (Å²) >= 11 is 0. The van der Waals surface area contributed by atoms with Crippen LogP contribution in [0.15, 0.2) is 0 Å². The van der Waals surface area contributed by atoms with E-state index in [0.717, 1.165) is 0 Å². The van der Waals surface area contributed by atoms with Gasteiger partial charge in [-0.05, 0) is 25.7 Å². The summed E-state index contributed by atoms with van der Waals surface area (Å²) in [5.41, 5.74) is -0.763. The number of ether oxygens (including phenoxy) is 4. The summed E-state index contributed by atoms with van der Waals surface area (Å²) in [5.74, 6) is -1.92. The van der Waals surface area contributed by atoms with Crippen molar-refractivity contribution in [1.82, 2.24) is 5.32 Å². The Morgan fingerprint density at radius 2 is 1.57 bits per heavy atom. The molecular formula is C25H45NO11. The Hall–Kier alpha value is -1.38. The lowest BCUT2D eigenvalue weighted by atomic mass is 9.83. The monoisotopic (exact) mass is 535 g/mol. The predicted molar refractivity (Wildman–Crippen MR) is 130 cm³/mol. The Bertz CT molecular complexity index is 744. The van der Waals surface area contributed by atoms with Gasteiger partial charge in [-0.1, -0.05) is 40.5 Å². The van der Waals surface area contributed by atoms with E-state index in [1.165, 1.54) is 6.92 Å². The van der Waals surface area contributed by atoms with Gasteiger partial charge in [0.15, 0.2) is 12.4 Å². The Morgan fingerprint density at radius 1 is 0.973 bits per heavy atom. The molecule has 2 saturated heterocycles. The summed E-state index contributed by atoms with van der Waals surface area (Å²) in [7, 11) is 0. The number of carboxylic acid groups (broad SMARTS) is 1. The van der Waals surface area contributed by atoms with Crippen molar-refractivity contribution in [3.63, 3.8) is 0 Å². The Balaban J connectivity index is 2.40. The Kier molecular flexibility index (Phi) is 11.7. The van der Waals surface area contributed by atoms with Crippen LogP contribution in [0.25, 0.3) is 0 Å². The van der Waals surface area contributed by atoms with Crippen molar-refractivity contribution in [2.75, 3.05) is 6.61 Å². The van der Waals surface area contributed by atoms with E-state index in [-0.39, 0.29) is 5.92 Å². The van der Waals surface area contributed by atoms with Crippen LogP contribution in [-0.4, -0.2) is 111 Å². The number of carbonyl (C=O) groups excluding carboxylic acids is 1. The fraction of sp³-hybridized carbons (Fsp3) is 0.920. The van der Waals surface area contributed by atoms with Gasteiger partial charge in [-0.25, -0.2) is 4.79 Å². The highest BCUT2D eigenvalue weighted by molar-refractivity contribution is 5.74. The average molecular weight is 536 g/mol. The molecule has 2 aliphatic heterocycles. The molecule has 37 heavy (non-hydrogen) atoms. The molecule has 2 aliphatic rings. The molecule has 0 aliphatic carbocycles. The molecule has 6 N–H and O–H groups in total. The van der Waals surface area contributed by atoms with Crippen molar-refractivity contribution in [1.29, 1.82) is 0 Å². The molecule has 2 fully saturated rings. The molecule has 0 saturated carbocycles. The molecule has 0 spiro atoms. The van der Waals surface area contributed by atoms with Crippen LogP contribution in [-0.2, 0) is 28.5 Å². The molecule has 10 unspecified atom stereocenters. The van der Waals surface area contributed by atoms with E-state index in [4.69, 9.17) is 18.9 Å². The molecule has 216 valence electrons. The maximum absolute atomic E-state index is 12.1. The number of rotatable bonds is 12. The lowest BCUT2D eigenvalue weighted by Crippen LogP contribution is -2.69. The van der Waals surface area contributed by atoms with Gasteiger partial charge in [-0.15, -0.1) is 0 Å². The predicted octanol–water partition coefficient (Wildman–Crippen LogP) is -0.0717. The van der Waals surface area contributed by atoms with Gasteiger partial charge in [0.2, 0.25) is 5.91 Å². The fourth-order valence-corrected chi connectivity index (χ4v) is 5.03. The van der Waals surface area contributed by atoms with Gasteiger partial charge in [0.25, 0.3) is 0 Å². The van der Waals surface area contributed by atoms with Crippen LogP contribution in [0.3, 0.4) is 0 Å². The molecule has 0 radical (unpaired) electrons. The van der Waals surface area contributed by atoms with E-state index in [2.05, 4.69) is 5.32 Å². The largest absolute Gasteiger partial charge is 0.479 e. The van der Waals surface area contributed by atoms with Gasteiger partial charge < -0.3 is 49.8 Å². The average Bonchev–Trinajstić information content (AvgIpc) is 2.86. The van der Waals surface area contributed by atoms with Crippen molar-refractivity contribution in [3.05, 3.63) is 0 Å². The maximum Gasteiger partial charge on any atom is 0.335 e. The van der Waals surface area contributed by atoms with E-state index < -0.39 is 85.2 Å². The zero-order valence-electron chi connectivity index (χ0n) is 22.6. The number of carbonyl (C=O) groups is 2. The molecule has 0 aromatic rings. The number of aliphatic carboxylic acids is 1. The smallest absolute Gasteiger partial charge is 0.335 e. The first kappa shape index (κ1) is 31.8. The van der Waals surface area contributed by atoms with Crippen molar-refractivity contribution >= 4 is 11.9 Å². The lowest BCUT2D eigenvalue weighted by molar-refractivity contribution is -0.338. The third-order valence-electron chi connectivity index (χ3n) is 7.82. The highest BCUT2D eigenvalue weighted by Crippen LogP contribution is 2.35. The van der Waals surface area contributed by atoms with Crippen molar-refractivity contribution in [2.24, 2.45) is 5.92 Å². The molecular weight excluding hydrogens is 490 g/mol. The normalized spacial score (nSPS) is 36.9. The molecule has 2 heterocycles. The van der Waals surface area contributed by atoms with E-state index in [9.17, 15) is 35.1 Å². The third kappa shape index (κ3) is 7.18. The summed E-state index contributed by atoms with van der Waals surface area (Å²) in [6, 6.07) is -0.908. The highest BCUT2D eigenvalue weighted by atomic mass is 16.7. The van der Waals surface area contributed by atoms with E-state index in [1.54, 1.807) is 6.92 Å². The second-order valence-corrected chi connectivity index (χ2v) is 10.2. The van der Waals surface area contributed by atoms with Gasteiger partial charge in [0.05, 0.1) is 24.4 Å². The molecule has 0 bridgehead atoms. The van der Waals surface area contributed by atoms with E-state index in [0.29, 0.717) is 25.7 Å². The van der Waals surface area contributed by atoms with Gasteiger partial charge in [-0.2, -0.15) is 0 Å². The van der Waals surface area contributed by atoms with Gasteiger partial charge in [0.1, 0.15) is 36.6 Å². The third-order valence-corrected chi connectivity index (χ3v) is 7.82. The molecule has 1 amide bonds. The summed E-state index contributed by atoms with van der Waals surface area (Å²) in [6.07, 6.45) is -10.2. The minimum Gasteiger partial charge on any atom is -0.479 e. The van der Waals surface area contributed by atoms with Crippen LogP contribution in [0, 0.1) is 5.92 Å². The molecule has 12 nitrogen and oxygen atoms in total. The number of carboxylic acids is 1. The molecule has 2 rings (SSSR count). The second-order valence-electron chi connectivity index (χ2n) is 10.2. The van der Waals surface area contributed by atoms with Crippen LogP contribution in [0.4, 0.5) is 0 Å². The van der Waals surface area contributed by atoms with Crippen molar-refractivity contribution in [2.45, 2.75) is 134 Å². The zero-order chi connectivity index (χ0) is 28.1. The number of nitrogens with one attached hydrogen (secondary N) is 1. The highest BCUT2D eigenvalue weighted by Gasteiger charge is 2.54. The summed E-state index contributed by atoms with van der Waals surface area (Å²) in [4.78, 5) is 24.2. The number of aliphatic hydroxyl groups is 4. The molecule has 12 heteroatoms. The lowest BCUT2D eigenvalue weighted by Gasteiger charge is -2.49. The van der Waals surface area contributed by atoms with Crippen molar-refractivity contribution in [3.8, 4) is 0 Å². The van der Waals surface area contributed by atoms with Crippen LogP contribution < -0.4 is 5.32 Å². The minimum absolute atomic E-state index is 0.0717. The van der Waals surface area contributed by atoms with Crippen LogP contribution in [0.1, 0.15) is 67.2 Å². The van der Waals surface area contributed by atoms with Gasteiger partial charge >= 0.3 is 5.97 Å². The zero-order valence-corrected chi connectivity index (χ0v) is 22.6. The van der Waals surface area contributed by atoms with Crippen molar-refractivity contribution < 1.29 is 54.1 Å². The fourth-order valence-electron chi connectivity index (χ4n) is 5.03. The van der Waals surface area contributed by atoms with E-state index in [1.807, 2.05) is 27.7 Å². The quantitative estimate of drug-likeness (QED) is 0.197. The van der Waals surface area contributed by atoms with Gasteiger partial charge in [0, 0.05) is 6.92 Å². The van der Waals surface area contributed by atoms with Gasteiger partial charge in [-0.3, -0.25) is 4.79 Å². The standard InChI is InChI=1S/C25H45NO11/c1-7-13(8-2)19-15(26-12(5)28)20(16(29)14(11-27)34-19)35-24-18(31)17(30)21(22(36-24)23(32)33)37-25(6,9-3)10-4/h13-22,24,27,29-31H,7-11H2,1-6H3,(H,26,28)(H,32,33). The van der Waals surface area contributed by atoms with E-state index >= 15 is 0 Å². The number of amides is 1. The molecule has 10 atom stereocenters. The Morgan fingerprint density at radius 3 is 2.03 bits per heavy atom. The summed E-state index contributed by atoms with van der Waals surface area (Å²) in [6.45, 7) is 10.1. The maximum atomic E-state index is 12.1. The second kappa shape index (κ2) is 13.6. The minimum atomic E-state index is -1.73. The first-order chi connectivity index (χ1) is 17.4. The first-order valence-corrected chi connectivity index (χ1v) is 13.2. The SMILES string of the molecule is CCC(CC)C1OC(CO)C(O)C(OC2OC(C(=O)O)C(OC(C)(CC)CC)C(O)C2O)C1NC(C)=O. The molecule has 0 aromatic heterocycles. The van der Waals surface area contributed by atoms with Crippen LogP contribution >= 0.6 is 0 Å².